The van der Waals surface area contributed by atoms with Gasteiger partial charge in [-0.15, -0.1) is 0 Å². The van der Waals surface area contributed by atoms with Crippen molar-refractivity contribution in [2.45, 2.75) is 19.5 Å². The molecule has 0 saturated carbocycles. The van der Waals surface area contributed by atoms with Crippen LogP contribution < -0.4 is 4.74 Å². The second kappa shape index (κ2) is 7.84. The summed E-state index contributed by atoms with van der Waals surface area (Å²) in [5, 5.41) is 10.8. The Balaban J connectivity index is 1.81. The highest BCUT2D eigenvalue weighted by Crippen LogP contribution is 2.44. The molecule has 1 N–H and O–H groups in total. The number of benzene rings is 3. The van der Waals surface area contributed by atoms with Crippen molar-refractivity contribution >= 4 is 11.5 Å². The maximum atomic E-state index is 13.1. The van der Waals surface area contributed by atoms with E-state index in [1.807, 2.05) is 85.8 Å². The van der Waals surface area contributed by atoms with Crippen LogP contribution in [0.25, 0.3) is 5.57 Å². The summed E-state index contributed by atoms with van der Waals surface area (Å²) in [6.07, 6.45) is 0. The van der Waals surface area contributed by atoms with Gasteiger partial charge in [0.25, 0.3) is 5.91 Å². The molecule has 4 rings (SSSR count). The largest absolute Gasteiger partial charge is 0.503 e. The fourth-order valence-electron chi connectivity index (χ4n) is 3.84. The Morgan fingerprint density at radius 2 is 1.59 bits per heavy atom. The molecule has 3 aromatic rings. The number of carbonyl (C=O) groups is 1. The van der Waals surface area contributed by atoms with E-state index in [-0.39, 0.29) is 17.7 Å². The van der Waals surface area contributed by atoms with E-state index in [1.165, 1.54) is 0 Å². The molecule has 0 radical (unpaired) electrons. The highest BCUT2D eigenvalue weighted by molar-refractivity contribution is 6.05. The van der Waals surface area contributed by atoms with Gasteiger partial charge in [0.15, 0.2) is 5.76 Å². The average Bonchev–Trinajstić information content (AvgIpc) is 3.00. The lowest BCUT2D eigenvalue weighted by Gasteiger charge is -2.28. The van der Waals surface area contributed by atoms with Crippen molar-refractivity contribution in [1.29, 1.82) is 0 Å². The van der Waals surface area contributed by atoms with Crippen molar-refractivity contribution in [1.82, 2.24) is 4.90 Å². The number of para-hydroxylation sites is 1. The zero-order valence-electron chi connectivity index (χ0n) is 16.5. The number of methoxy groups -OCH3 is 1. The number of aliphatic hydroxyl groups is 1. The highest BCUT2D eigenvalue weighted by Gasteiger charge is 2.41. The first-order chi connectivity index (χ1) is 14.1. The minimum Gasteiger partial charge on any atom is -0.503 e. The van der Waals surface area contributed by atoms with E-state index in [2.05, 4.69) is 0 Å². The zero-order chi connectivity index (χ0) is 20.4. The molecule has 4 heteroatoms. The molecule has 1 aliphatic rings. The average molecular weight is 385 g/mol. The molecule has 146 valence electrons. The summed E-state index contributed by atoms with van der Waals surface area (Å²) in [4.78, 5) is 14.8. The molecular weight excluding hydrogens is 362 g/mol. The summed E-state index contributed by atoms with van der Waals surface area (Å²) in [5.41, 5.74) is 4.45. The number of hydrogen-bond donors (Lipinski definition) is 1. The SMILES string of the molecule is COc1ccccc1CN1C(=O)C(O)=C(c2ccc(C)cc2)C1c1ccccc1. The Hall–Kier alpha value is -3.53. The van der Waals surface area contributed by atoms with Crippen molar-refractivity contribution in [2.75, 3.05) is 7.11 Å². The molecule has 1 heterocycles. The van der Waals surface area contributed by atoms with Crippen LogP contribution in [-0.2, 0) is 11.3 Å². The Kier molecular flexibility index (Phi) is 5.09. The van der Waals surface area contributed by atoms with E-state index in [0.29, 0.717) is 12.1 Å². The third-order valence-corrected chi connectivity index (χ3v) is 5.31. The van der Waals surface area contributed by atoms with Crippen molar-refractivity contribution in [3.63, 3.8) is 0 Å². The molecule has 0 spiro atoms. The number of ether oxygens (including phenoxy) is 1. The molecule has 0 aliphatic carbocycles. The Labute approximate surface area is 170 Å². The third kappa shape index (κ3) is 3.49. The number of amides is 1. The summed E-state index contributed by atoms with van der Waals surface area (Å²) in [7, 11) is 1.62. The Bertz CT molecular complexity index is 1050. The van der Waals surface area contributed by atoms with Gasteiger partial charge in [-0.3, -0.25) is 4.79 Å². The lowest BCUT2D eigenvalue weighted by atomic mass is 9.93. The second-order valence-electron chi connectivity index (χ2n) is 7.19. The van der Waals surface area contributed by atoms with Gasteiger partial charge in [0.2, 0.25) is 0 Å². The molecule has 0 saturated heterocycles. The summed E-state index contributed by atoms with van der Waals surface area (Å²) in [6, 6.07) is 25.0. The van der Waals surface area contributed by atoms with Gasteiger partial charge in [-0.25, -0.2) is 0 Å². The van der Waals surface area contributed by atoms with Crippen LogP contribution in [0.1, 0.15) is 28.3 Å². The van der Waals surface area contributed by atoms with Crippen LogP contribution in [0.4, 0.5) is 0 Å². The minimum atomic E-state index is -0.378. The molecule has 4 nitrogen and oxygen atoms in total. The number of aliphatic hydroxyl groups excluding tert-OH is 1. The van der Waals surface area contributed by atoms with Crippen molar-refractivity contribution in [3.8, 4) is 5.75 Å². The molecule has 0 aromatic heterocycles. The topological polar surface area (TPSA) is 49.8 Å². The van der Waals surface area contributed by atoms with E-state index >= 15 is 0 Å². The van der Waals surface area contributed by atoms with Gasteiger partial charge in [-0.2, -0.15) is 0 Å². The zero-order valence-corrected chi connectivity index (χ0v) is 16.5. The third-order valence-electron chi connectivity index (χ3n) is 5.31. The minimum absolute atomic E-state index is 0.197. The lowest BCUT2D eigenvalue weighted by molar-refractivity contribution is -0.130. The van der Waals surface area contributed by atoms with Crippen LogP contribution in [0.2, 0.25) is 0 Å². The van der Waals surface area contributed by atoms with Gasteiger partial charge in [-0.1, -0.05) is 78.4 Å². The van der Waals surface area contributed by atoms with Gasteiger partial charge in [0.05, 0.1) is 19.7 Å². The number of hydrogen-bond acceptors (Lipinski definition) is 3. The number of rotatable bonds is 5. The van der Waals surface area contributed by atoms with Crippen LogP contribution in [0.5, 0.6) is 5.75 Å². The summed E-state index contributed by atoms with van der Waals surface area (Å²) in [5.74, 6) is 0.147. The molecule has 1 atom stereocenters. The van der Waals surface area contributed by atoms with Gasteiger partial charge >= 0.3 is 0 Å². The summed E-state index contributed by atoms with van der Waals surface area (Å²) >= 11 is 0. The smallest absolute Gasteiger partial charge is 0.290 e. The quantitative estimate of drug-likeness (QED) is 0.668. The predicted molar refractivity (Wildman–Crippen MR) is 113 cm³/mol. The maximum Gasteiger partial charge on any atom is 0.290 e. The van der Waals surface area contributed by atoms with E-state index in [1.54, 1.807) is 12.0 Å². The highest BCUT2D eigenvalue weighted by atomic mass is 16.5. The standard InChI is InChI=1S/C25H23NO3/c1-17-12-14-18(15-13-17)22-23(19-8-4-3-5-9-19)26(25(28)24(22)27)16-20-10-6-7-11-21(20)29-2/h3-15,23,27H,16H2,1-2H3. The van der Waals surface area contributed by atoms with Crippen LogP contribution in [0, 0.1) is 6.92 Å². The van der Waals surface area contributed by atoms with E-state index in [9.17, 15) is 9.90 Å². The normalized spacial score (nSPS) is 16.4. The molecule has 3 aromatic carbocycles. The summed E-state index contributed by atoms with van der Waals surface area (Å²) < 4.78 is 5.47. The first-order valence-electron chi connectivity index (χ1n) is 9.58. The van der Waals surface area contributed by atoms with Gasteiger partial charge in [0, 0.05) is 11.1 Å². The van der Waals surface area contributed by atoms with Crippen LogP contribution >= 0.6 is 0 Å². The maximum absolute atomic E-state index is 13.1. The molecule has 1 aliphatic heterocycles. The molecule has 0 fully saturated rings. The van der Waals surface area contributed by atoms with E-state index in [4.69, 9.17) is 4.74 Å². The van der Waals surface area contributed by atoms with Crippen LogP contribution in [-0.4, -0.2) is 23.0 Å². The first-order valence-corrected chi connectivity index (χ1v) is 9.58. The molecule has 29 heavy (non-hydrogen) atoms. The lowest BCUT2D eigenvalue weighted by Crippen LogP contribution is -2.30. The Morgan fingerprint density at radius 1 is 0.931 bits per heavy atom. The van der Waals surface area contributed by atoms with Gasteiger partial charge < -0.3 is 14.7 Å². The van der Waals surface area contributed by atoms with Crippen LogP contribution in [0.15, 0.2) is 84.6 Å². The van der Waals surface area contributed by atoms with E-state index < -0.39 is 0 Å². The number of nitrogens with zero attached hydrogens (tertiary/aromatic N) is 1. The van der Waals surface area contributed by atoms with E-state index in [0.717, 1.165) is 28.0 Å². The monoisotopic (exact) mass is 385 g/mol. The molecular formula is C25H23NO3. The first kappa shape index (κ1) is 18.8. The molecule has 1 unspecified atom stereocenters. The molecule has 0 bridgehead atoms. The summed E-state index contributed by atoms with van der Waals surface area (Å²) in [6.45, 7) is 2.35. The Morgan fingerprint density at radius 3 is 2.28 bits per heavy atom. The fraction of sp³-hybridized carbons (Fsp3) is 0.160. The van der Waals surface area contributed by atoms with Crippen molar-refractivity contribution in [3.05, 3.63) is 107 Å². The van der Waals surface area contributed by atoms with Crippen molar-refractivity contribution in [2.24, 2.45) is 0 Å². The van der Waals surface area contributed by atoms with Crippen molar-refractivity contribution < 1.29 is 14.6 Å². The van der Waals surface area contributed by atoms with Gasteiger partial charge in [-0.05, 0) is 24.1 Å². The second-order valence-corrected chi connectivity index (χ2v) is 7.19. The van der Waals surface area contributed by atoms with Gasteiger partial charge in [0.1, 0.15) is 5.75 Å². The fourth-order valence-corrected chi connectivity index (χ4v) is 3.84. The molecule has 1 amide bonds. The number of aryl methyl sites for hydroxylation is 1. The predicted octanol–water partition coefficient (Wildman–Crippen LogP) is 5.06. The number of carbonyl (C=O) groups excluding carboxylic acids is 1. The van der Waals surface area contributed by atoms with Crippen LogP contribution in [0.3, 0.4) is 0 Å².